The van der Waals surface area contributed by atoms with E-state index in [9.17, 15) is 9.59 Å². The normalized spacial score (nSPS) is 20.9. The highest BCUT2D eigenvalue weighted by atomic mass is 32.2. The molecule has 41 heavy (non-hydrogen) atoms. The number of amides is 1. The van der Waals surface area contributed by atoms with Gasteiger partial charge in [0.05, 0.1) is 11.4 Å². The largest absolute Gasteiger partial charge is 0.453 e. The summed E-state index contributed by atoms with van der Waals surface area (Å²) in [6.07, 6.45) is 4.75. The second kappa shape index (κ2) is 10.9. The van der Waals surface area contributed by atoms with Crippen LogP contribution in [-0.4, -0.2) is 24.8 Å². The first-order valence-corrected chi connectivity index (χ1v) is 15.7. The van der Waals surface area contributed by atoms with Gasteiger partial charge in [0.25, 0.3) is 0 Å². The summed E-state index contributed by atoms with van der Waals surface area (Å²) in [7, 11) is 0. The van der Waals surface area contributed by atoms with Crippen molar-refractivity contribution in [2.75, 3.05) is 18.0 Å². The first-order chi connectivity index (χ1) is 20.0. The van der Waals surface area contributed by atoms with E-state index in [1.165, 1.54) is 24.8 Å². The molecule has 3 unspecified atom stereocenters. The fourth-order valence-corrected chi connectivity index (χ4v) is 7.61. The van der Waals surface area contributed by atoms with Crippen LogP contribution in [0.4, 0.5) is 11.4 Å². The van der Waals surface area contributed by atoms with Crippen LogP contribution < -0.4 is 15.0 Å². The molecule has 4 aromatic rings. The van der Waals surface area contributed by atoms with Gasteiger partial charge in [0.15, 0.2) is 17.3 Å². The van der Waals surface area contributed by atoms with E-state index in [-0.39, 0.29) is 11.7 Å². The second-order valence-electron chi connectivity index (χ2n) is 11.6. The van der Waals surface area contributed by atoms with E-state index in [1.807, 2.05) is 42.5 Å². The molecule has 3 atom stereocenters. The quantitative estimate of drug-likeness (QED) is 0.182. The van der Waals surface area contributed by atoms with Crippen molar-refractivity contribution in [3.63, 3.8) is 0 Å². The molecule has 1 saturated carbocycles. The molecule has 4 aromatic carbocycles. The maximum atomic E-state index is 14.0. The number of hydrogen-bond donors (Lipinski definition) is 1. The maximum Gasteiger partial charge on any atom is 0.232 e. The lowest BCUT2D eigenvalue weighted by molar-refractivity contribution is -0.123. The van der Waals surface area contributed by atoms with Gasteiger partial charge in [-0.2, -0.15) is 0 Å². The molecule has 1 fully saturated rings. The highest BCUT2D eigenvalue weighted by Crippen LogP contribution is 2.53. The summed E-state index contributed by atoms with van der Waals surface area (Å²) in [5.74, 6) is 2.48. The van der Waals surface area contributed by atoms with Crippen molar-refractivity contribution in [3.8, 4) is 11.5 Å². The molecule has 208 valence electrons. The number of carbonyl (C=O) groups is 2. The van der Waals surface area contributed by atoms with Crippen molar-refractivity contribution in [1.29, 1.82) is 0 Å². The molecule has 5 nitrogen and oxygen atoms in total. The lowest BCUT2D eigenvalue weighted by Gasteiger charge is -2.39. The van der Waals surface area contributed by atoms with E-state index in [0.717, 1.165) is 45.0 Å². The van der Waals surface area contributed by atoms with Crippen LogP contribution in [0.1, 0.15) is 48.5 Å². The Balaban J connectivity index is 1.22. The minimum atomic E-state index is -0.775. The van der Waals surface area contributed by atoms with Gasteiger partial charge in [0.1, 0.15) is 5.92 Å². The van der Waals surface area contributed by atoms with Crippen molar-refractivity contribution in [2.24, 2.45) is 17.8 Å². The Hall–Kier alpha value is -3.77. The number of ether oxygens (including phenoxy) is 1. The highest BCUT2D eigenvalue weighted by Gasteiger charge is 2.42. The van der Waals surface area contributed by atoms with Crippen LogP contribution in [0.5, 0.6) is 11.5 Å². The lowest BCUT2D eigenvalue weighted by atomic mass is 9.88. The zero-order valence-corrected chi connectivity index (χ0v) is 24.1. The van der Waals surface area contributed by atoms with Gasteiger partial charge < -0.3 is 15.0 Å². The number of nitrogens with one attached hydrogen (secondary N) is 1. The van der Waals surface area contributed by atoms with Crippen LogP contribution in [0.15, 0.2) is 83.8 Å². The Morgan fingerprint density at radius 2 is 1.76 bits per heavy atom. The molecule has 0 bridgehead atoms. The zero-order chi connectivity index (χ0) is 27.9. The number of nitrogens with zero attached hydrogens (tertiary/aromatic N) is 1. The molecule has 1 aliphatic carbocycles. The molecule has 0 aromatic heterocycles. The van der Waals surface area contributed by atoms with Gasteiger partial charge in [0.2, 0.25) is 5.91 Å². The number of hydrogen-bond acceptors (Lipinski definition) is 5. The van der Waals surface area contributed by atoms with E-state index < -0.39 is 5.92 Å². The third-order valence-electron chi connectivity index (χ3n) is 9.02. The standard InChI is InChI=1S/C35H34N2O3S/c1-22-8-7-13-24(22)14-15-36-35(39)29-20-37-30-16-25-11-5-6-12-26(25)17-31(30)40-32-19-27(18-28(33(32)37)34(29)38)41-21-23-9-3-2-4-10-23/h2-6,9-12,16-19,22,24,29H,7-8,13-15,20-21H2,1H3,(H,36,39). The van der Waals surface area contributed by atoms with Gasteiger partial charge in [-0.05, 0) is 58.9 Å². The molecule has 7 rings (SSSR count). The molecular weight excluding hydrogens is 528 g/mol. The number of carbonyl (C=O) groups excluding carboxylic acids is 2. The SMILES string of the molecule is CC1CCCC1CCNC(=O)C1CN2c3cc4ccccc4cc3Oc3cc(SCc4ccccc4)cc(c32)C1=O. The third kappa shape index (κ3) is 4.99. The lowest BCUT2D eigenvalue weighted by Crippen LogP contribution is -2.46. The molecule has 2 heterocycles. The molecule has 6 heteroatoms. The van der Waals surface area contributed by atoms with E-state index in [4.69, 9.17) is 4.74 Å². The average molecular weight is 563 g/mol. The molecule has 0 saturated heterocycles. The van der Waals surface area contributed by atoms with Crippen molar-refractivity contribution < 1.29 is 14.3 Å². The van der Waals surface area contributed by atoms with Crippen LogP contribution in [0, 0.1) is 17.8 Å². The summed E-state index contributed by atoms with van der Waals surface area (Å²) in [5, 5.41) is 5.32. The van der Waals surface area contributed by atoms with E-state index in [2.05, 4.69) is 53.5 Å². The summed E-state index contributed by atoms with van der Waals surface area (Å²) in [4.78, 5) is 30.6. The topological polar surface area (TPSA) is 58.6 Å². The highest BCUT2D eigenvalue weighted by molar-refractivity contribution is 7.98. The Kier molecular flexibility index (Phi) is 6.95. The zero-order valence-electron chi connectivity index (χ0n) is 23.3. The fourth-order valence-electron chi connectivity index (χ4n) is 6.69. The number of benzene rings is 4. The predicted octanol–water partition coefficient (Wildman–Crippen LogP) is 8.13. The minimum absolute atomic E-state index is 0.126. The molecule has 1 N–H and O–H groups in total. The van der Waals surface area contributed by atoms with Crippen molar-refractivity contribution in [1.82, 2.24) is 5.32 Å². The van der Waals surface area contributed by atoms with Gasteiger partial charge in [-0.3, -0.25) is 9.59 Å². The second-order valence-corrected chi connectivity index (χ2v) is 12.7. The summed E-state index contributed by atoms with van der Waals surface area (Å²) in [5.41, 5.74) is 3.44. The Morgan fingerprint density at radius 3 is 2.54 bits per heavy atom. The van der Waals surface area contributed by atoms with Crippen LogP contribution in [0.25, 0.3) is 10.8 Å². The summed E-state index contributed by atoms with van der Waals surface area (Å²) >= 11 is 1.67. The summed E-state index contributed by atoms with van der Waals surface area (Å²) in [6, 6.07) is 26.7. The van der Waals surface area contributed by atoms with Gasteiger partial charge in [0, 0.05) is 29.3 Å². The van der Waals surface area contributed by atoms with Crippen molar-refractivity contribution >= 4 is 45.6 Å². The average Bonchev–Trinajstić information content (AvgIpc) is 3.41. The van der Waals surface area contributed by atoms with Gasteiger partial charge in [-0.15, -0.1) is 11.8 Å². The first kappa shape index (κ1) is 26.1. The van der Waals surface area contributed by atoms with Crippen molar-refractivity contribution in [2.45, 2.75) is 43.3 Å². The van der Waals surface area contributed by atoms with E-state index in [1.54, 1.807) is 11.8 Å². The van der Waals surface area contributed by atoms with Gasteiger partial charge in [-0.25, -0.2) is 0 Å². The number of ketones is 1. The Labute approximate surface area is 245 Å². The van der Waals surface area contributed by atoms with E-state index in [0.29, 0.717) is 36.2 Å². The third-order valence-corrected chi connectivity index (χ3v) is 10.1. The van der Waals surface area contributed by atoms with Gasteiger partial charge in [-0.1, -0.05) is 80.8 Å². The number of Topliss-reactive ketones (excluding diaryl/α,β-unsaturated/α-hetero) is 1. The molecule has 2 aliphatic heterocycles. The predicted molar refractivity (Wildman–Crippen MR) is 165 cm³/mol. The summed E-state index contributed by atoms with van der Waals surface area (Å²) in [6.45, 7) is 3.23. The summed E-state index contributed by atoms with van der Waals surface area (Å²) < 4.78 is 6.49. The Morgan fingerprint density at radius 1 is 0.976 bits per heavy atom. The van der Waals surface area contributed by atoms with E-state index >= 15 is 0 Å². The van der Waals surface area contributed by atoms with Gasteiger partial charge >= 0.3 is 0 Å². The number of thioether (sulfide) groups is 1. The number of fused-ring (bicyclic) bond motifs is 3. The minimum Gasteiger partial charge on any atom is -0.453 e. The fraction of sp³-hybridized carbons (Fsp3) is 0.314. The number of rotatable bonds is 7. The molecular formula is C35H34N2O3S. The maximum absolute atomic E-state index is 14.0. The monoisotopic (exact) mass is 562 g/mol. The van der Waals surface area contributed by atoms with Crippen LogP contribution in [0.3, 0.4) is 0 Å². The molecule has 1 amide bonds. The first-order valence-electron chi connectivity index (χ1n) is 14.7. The molecule has 0 spiro atoms. The van der Waals surface area contributed by atoms with Crippen LogP contribution in [0.2, 0.25) is 0 Å². The smallest absolute Gasteiger partial charge is 0.232 e. The van der Waals surface area contributed by atoms with Crippen LogP contribution in [-0.2, 0) is 10.5 Å². The van der Waals surface area contributed by atoms with Crippen molar-refractivity contribution in [3.05, 3.63) is 90.0 Å². The number of anilines is 2. The Bertz CT molecular complexity index is 1640. The van der Waals surface area contributed by atoms with Crippen LogP contribution >= 0.6 is 11.8 Å². The molecule has 0 radical (unpaired) electrons. The molecule has 3 aliphatic rings.